The molecule has 0 radical (unpaired) electrons. The molecule has 1 fully saturated rings. The minimum atomic E-state index is -1.46. The number of carbonyl (C=O) groups excluding carboxylic acids is 2. The van der Waals surface area contributed by atoms with Crippen LogP contribution in [0.2, 0.25) is 0 Å². The van der Waals surface area contributed by atoms with E-state index in [4.69, 9.17) is 0 Å². The number of anilines is 2. The Bertz CT molecular complexity index is 1210. The van der Waals surface area contributed by atoms with E-state index in [1.54, 1.807) is 36.7 Å². The van der Waals surface area contributed by atoms with Gasteiger partial charge in [0.1, 0.15) is 11.4 Å². The van der Waals surface area contributed by atoms with E-state index >= 15 is 0 Å². The zero-order chi connectivity index (χ0) is 21.8. The van der Waals surface area contributed by atoms with Crippen molar-refractivity contribution in [3.63, 3.8) is 0 Å². The van der Waals surface area contributed by atoms with Crippen LogP contribution in [0.4, 0.5) is 29.3 Å². The van der Waals surface area contributed by atoms with Gasteiger partial charge >= 0.3 is 6.03 Å². The number of imide groups is 1. The molecule has 0 saturated carbocycles. The van der Waals surface area contributed by atoms with Crippen LogP contribution in [0.25, 0.3) is 10.8 Å². The highest BCUT2D eigenvalue weighted by molar-refractivity contribution is 7.98. The normalized spacial score (nSPS) is 16.1. The molecule has 9 heteroatoms. The standard InChI is InChI=1S/C21H16F3N3O2S/c1-21(2)19(28)26(15-9-13(22)18(30-3)17(24)16(15)23)20(29)27(21)14-6-4-5-11-10-25-8-7-12(11)14/h4-10H,1-3H3. The molecule has 3 amide bonds. The number of pyridine rings is 1. The van der Waals surface area contributed by atoms with Crippen LogP contribution in [0.3, 0.4) is 0 Å². The molecule has 30 heavy (non-hydrogen) atoms. The monoisotopic (exact) mass is 431 g/mol. The average Bonchev–Trinajstić information content (AvgIpc) is 2.89. The average molecular weight is 431 g/mol. The number of halogens is 3. The van der Waals surface area contributed by atoms with Crippen LogP contribution >= 0.6 is 11.8 Å². The Hall–Kier alpha value is -3.07. The lowest BCUT2D eigenvalue weighted by Gasteiger charge is -2.28. The van der Waals surface area contributed by atoms with Crippen molar-refractivity contribution >= 4 is 45.8 Å². The van der Waals surface area contributed by atoms with E-state index in [0.29, 0.717) is 33.8 Å². The summed E-state index contributed by atoms with van der Waals surface area (Å²) in [6.45, 7) is 2.99. The highest BCUT2D eigenvalue weighted by Crippen LogP contribution is 2.41. The Morgan fingerprint density at radius 2 is 1.77 bits per heavy atom. The first-order valence-electron chi connectivity index (χ1n) is 8.93. The molecule has 0 unspecified atom stereocenters. The number of amides is 3. The second-order valence-corrected chi connectivity index (χ2v) is 8.05. The smallest absolute Gasteiger partial charge is 0.278 e. The van der Waals surface area contributed by atoms with Gasteiger partial charge in [0.15, 0.2) is 11.6 Å². The van der Waals surface area contributed by atoms with Gasteiger partial charge in [-0.15, -0.1) is 11.8 Å². The molecular weight excluding hydrogens is 415 g/mol. The lowest BCUT2D eigenvalue weighted by Crippen LogP contribution is -2.44. The number of benzene rings is 2. The van der Waals surface area contributed by atoms with Crippen LogP contribution in [0, 0.1) is 17.5 Å². The number of hydrogen-bond donors (Lipinski definition) is 0. The van der Waals surface area contributed by atoms with E-state index in [9.17, 15) is 22.8 Å². The van der Waals surface area contributed by atoms with Gasteiger partial charge in [-0.2, -0.15) is 0 Å². The van der Waals surface area contributed by atoms with Crippen LogP contribution in [0.15, 0.2) is 47.6 Å². The quantitative estimate of drug-likeness (QED) is 0.328. The molecule has 0 atom stereocenters. The minimum absolute atomic E-state index is 0.405. The van der Waals surface area contributed by atoms with Crippen molar-refractivity contribution in [2.75, 3.05) is 16.1 Å². The highest BCUT2D eigenvalue weighted by atomic mass is 32.2. The van der Waals surface area contributed by atoms with Crippen molar-refractivity contribution in [1.29, 1.82) is 0 Å². The maximum atomic E-state index is 14.7. The summed E-state index contributed by atoms with van der Waals surface area (Å²) in [5.41, 5.74) is -1.77. The first kappa shape index (κ1) is 20.2. The Kier molecular flexibility index (Phi) is 4.73. The zero-order valence-corrected chi connectivity index (χ0v) is 17.1. The fourth-order valence-corrected chi connectivity index (χ4v) is 4.15. The highest BCUT2D eigenvalue weighted by Gasteiger charge is 2.54. The van der Waals surface area contributed by atoms with Gasteiger partial charge in [-0.05, 0) is 32.2 Å². The number of nitrogens with zero attached hydrogens (tertiary/aromatic N) is 3. The maximum Gasteiger partial charge on any atom is 0.336 e. The first-order chi connectivity index (χ1) is 14.2. The molecule has 1 aliphatic heterocycles. The molecular formula is C21H16F3N3O2S. The third-order valence-corrected chi connectivity index (χ3v) is 5.89. The first-order valence-corrected chi connectivity index (χ1v) is 10.2. The molecule has 1 aliphatic rings. The van der Waals surface area contributed by atoms with Crippen LogP contribution in [0.5, 0.6) is 0 Å². The van der Waals surface area contributed by atoms with Crippen LogP contribution in [-0.2, 0) is 4.79 Å². The SMILES string of the molecule is CSc1c(F)cc(N2C(=O)N(c3cccc4cnccc34)C(C)(C)C2=O)c(F)c1F. The topological polar surface area (TPSA) is 53.5 Å². The Labute approximate surface area is 174 Å². The Morgan fingerprint density at radius 3 is 2.47 bits per heavy atom. The number of thioether (sulfide) groups is 1. The molecule has 1 saturated heterocycles. The molecule has 2 heterocycles. The summed E-state index contributed by atoms with van der Waals surface area (Å²) in [6, 6.07) is 6.60. The fourth-order valence-electron chi connectivity index (χ4n) is 3.63. The number of urea groups is 1. The van der Waals surface area contributed by atoms with Gasteiger partial charge in [-0.3, -0.25) is 14.7 Å². The summed E-state index contributed by atoms with van der Waals surface area (Å²) in [5.74, 6) is -4.74. The Balaban J connectivity index is 1.91. The molecule has 1 aromatic heterocycles. The lowest BCUT2D eigenvalue weighted by atomic mass is 10.0. The minimum Gasteiger partial charge on any atom is -0.278 e. The molecule has 3 aromatic rings. The third kappa shape index (κ3) is 2.76. The zero-order valence-electron chi connectivity index (χ0n) is 16.2. The number of rotatable bonds is 3. The summed E-state index contributed by atoms with van der Waals surface area (Å²) in [5, 5.41) is 1.39. The number of hydrogen-bond acceptors (Lipinski definition) is 4. The molecule has 0 aliphatic carbocycles. The predicted molar refractivity (Wildman–Crippen MR) is 109 cm³/mol. The second kappa shape index (κ2) is 7.02. The van der Waals surface area contributed by atoms with Crippen molar-refractivity contribution in [3.8, 4) is 0 Å². The summed E-state index contributed by atoms with van der Waals surface area (Å²) in [4.78, 5) is 31.6. The lowest BCUT2D eigenvalue weighted by molar-refractivity contribution is -0.120. The molecule has 0 N–H and O–H groups in total. The van der Waals surface area contributed by atoms with Gasteiger partial charge in [-0.25, -0.2) is 22.9 Å². The summed E-state index contributed by atoms with van der Waals surface area (Å²) in [6.07, 6.45) is 4.55. The van der Waals surface area contributed by atoms with Crippen molar-refractivity contribution in [2.45, 2.75) is 24.3 Å². The van der Waals surface area contributed by atoms with Gasteiger partial charge < -0.3 is 0 Å². The van der Waals surface area contributed by atoms with Crippen LogP contribution < -0.4 is 9.80 Å². The number of aromatic nitrogens is 1. The van der Waals surface area contributed by atoms with Crippen LogP contribution in [-0.4, -0.2) is 28.7 Å². The van der Waals surface area contributed by atoms with E-state index < -0.39 is 45.5 Å². The number of carbonyl (C=O) groups is 2. The van der Waals surface area contributed by atoms with E-state index in [1.807, 2.05) is 0 Å². The van der Waals surface area contributed by atoms with Crippen molar-refractivity contribution in [1.82, 2.24) is 4.98 Å². The summed E-state index contributed by atoms with van der Waals surface area (Å²) < 4.78 is 43.4. The van der Waals surface area contributed by atoms with Gasteiger partial charge in [0.2, 0.25) is 0 Å². The van der Waals surface area contributed by atoms with Gasteiger partial charge in [0.25, 0.3) is 5.91 Å². The largest absolute Gasteiger partial charge is 0.336 e. The molecule has 154 valence electrons. The molecule has 0 spiro atoms. The fraction of sp³-hybridized carbons (Fsp3) is 0.190. The molecule has 5 nitrogen and oxygen atoms in total. The summed E-state index contributed by atoms with van der Waals surface area (Å²) in [7, 11) is 0. The van der Waals surface area contributed by atoms with Gasteiger partial charge in [0, 0.05) is 29.2 Å². The van der Waals surface area contributed by atoms with E-state index in [0.717, 1.165) is 5.39 Å². The van der Waals surface area contributed by atoms with E-state index in [-0.39, 0.29) is 0 Å². The van der Waals surface area contributed by atoms with Crippen molar-refractivity contribution in [3.05, 3.63) is 60.2 Å². The van der Waals surface area contributed by atoms with Crippen molar-refractivity contribution in [2.24, 2.45) is 0 Å². The molecule has 0 bridgehead atoms. The van der Waals surface area contributed by atoms with E-state index in [2.05, 4.69) is 4.98 Å². The second-order valence-electron chi connectivity index (χ2n) is 7.23. The maximum absolute atomic E-state index is 14.7. The summed E-state index contributed by atoms with van der Waals surface area (Å²) >= 11 is 0.693. The number of fused-ring (bicyclic) bond motifs is 1. The van der Waals surface area contributed by atoms with E-state index in [1.165, 1.54) is 25.0 Å². The predicted octanol–water partition coefficient (Wildman–Crippen LogP) is 5.13. The Morgan fingerprint density at radius 1 is 1.03 bits per heavy atom. The van der Waals surface area contributed by atoms with Crippen molar-refractivity contribution < 1.29 is 22.8 Å². The van der Waals surface area contributed by atoms with Gasteiger partial charge in [-0.1, -0.05) is 12.1 Å². The molecule has 4 rings (SSSR count). The third-order valence-electron chi connectivity index (χ3n) is 5.11. The van der Waals surface area contributed by atoms with Crippen LogP contribution in [0.1, 0.15) is 13.8 Å². The van der Waals surface area contributed by atoms with Gasteiger partial charge in [0.05, 0.1) is 16.3 Å². The molecule has 2 aromatic carbocycles.